The van der Waals surface area contributed by atoms with Gasteiger partial charge in [-0.3, -0.25) is 4.79 Å². The summed E-state index contributed by atoms with van der Waals surface area (Å²) in [6, 6.07) is 7.98. The molecule has 1 aromatic heterocycles. The molecule has 0 aliphatic carbocycles. The maximum atomic E-state index is 12.7. The quantitative estimate of drug-likeness (QED) is 0.936. The molecular formula is C17H22N4O2. The van der Waals surface area contributed by atoms with Gasteiger partial charge in [-0.15, -0.1) is 5.10 Å². The fourth-order valence-electron chi connectivity index (χ4n) is 3.07. The maximum absolute atomic E-state index is 12.7. The highest BCUT2D eigenvalue weighted by molar-refractivity contribution is 5.92. The van der Waals surface area contributed by atoms with E-state index in [-0.39, 0.29) is 11.9 Å². The van der Waals surface area contributed by atoms with Gasteiger partial charge in [0.25, 0.3) is 5.91 Å². The minimum Gasteiger partial charge on any atom is -0.393 e. The monoisotopic (exact) mass is 314 g/mol. The third kappa shape index (κ3) is 3.42. The molecule has 1 aromatic carbocycles. The largest absolute Gasteiger partial charge is 0.393 e. The van der Waals surface area contributed by atoms with Crippen molar-refractivity contribution in [3.63, 3.8) is 0 Å². The van der Waals surface area contributed by atoms with E-state index < -0.39 is 6.10 Å². The van der Waals surface area contributed by atoms with Crippen LogP contribution in [0.5, 0.6) is 0 Å². The smallest absolute Gasteiger partial charge is 0.276 e. The van der Waals surface area contributed by atoms with Crippen molar-refractivity contribution in [3.05, 3.63) is 41.7 Å². The van der Waals surface area contributed by atoms with E-state index >= 15 is 0 Å². The Hall–Kier alpha value is -2.21. The van der Waals surface area contributed by atoms with E-state index in [0.717, 1.165) is 18.5 Å². The molecule has 0 spiro atoms. The first kappa shape index (κ1) is 15.7. The summed E-state index contributed by atoms with van der Waals surface area (Å²) in [5.41, 5.74) is 2.40. The summed E-state index contributed by atoms with van der Waals surface area (Å²) < 4.78 is 1.62. The predicted octanol–water partition coefficient (Wildman–Crippen LogP) is 1.95. The molecule has 2 atom stereocenters. The summed E-state index contributed by atoms with van der Waals surface area (Å²) in [5, 5.41) is 17.7. The molecular weight excluding hydrogens is 292 g/mol. The number of aliphatic hydroxyl groups excluding tert-OH is 1. The van der Waals surface area contributed by atoms with E-state index in [1.165, 1.54) is 5.56 Å². The Morgan fingerprint density at radius 1 is 1.39 bits per heavy atom. The van der Waals surface area contributed by atoms with Crippen molar-refractivity contribution in [1.29, 1.82) is 0 Å². The molecule has 1 aliphatic rings. The van der Waals surface area contributed by atoms with Gasteiger partial charge in [0.05, 0.1) is 18.0 Å². The number of hydrogen-bond donors (Lipinski definition) is 1. The Bertz CT molecular complexity index is 678. The van der Waals surface area contributed by atoms with Crippen molar-refractivity contribution >= 4 is 5.91 Å². The minimum absolute atomic E-state index is 0.0898. The first-order valence-electron chi connectivity index (χ1n) is 8.03. The average molecular weight is 314 g/mol. The highest BCUT2D eigenvalue weighted by atomic mass is 16.3. The van der Waals surface area contributed by atoms with Crippen LogP contribution < -0.4 is 0 Å². The molecule has 1 N–H and O–H groups in total. The summed E-state index contributed by atoms with van der Waals surface area (Å²) in [6.07, 6.45) is 3.78. The van der Waals surface area contributed by atoms with Crippen molar-refractivity contribution in [2.75, 3.05) is 6.54 Å². The third-order valence-corrected chi connectivity index (χ3v) is 4.26. The van der Waals surface area contributed by atoms with Crippen LogP contribution >= 0.6 is 0 Å². The van der Waals surface area contributed by atoms with Gasteiger partial charge in [0, 0.05) is 12.6 Å². The van der Waals surface area contributed by atoms with Crippen molar-refractivity contribution in [3.8, 4) is 5.69 Å². The van der Waals surface area contributed by atoms with E-state index in [4.69, 9.17) is 0 Å². The molecule has 6 heteroatoms. The van der Waals surface area contributed by atoms with E-state index in [9.17, 15) is 9.90 Å². The van der Waals surface area contributed by atoms with Crippen LogP contribution in [0, 0.1) is 6.92 Å². The number of hydrogen-bond acceptors (Lipinski definition) is 4. The number of amides is 1. The number of carbonyl (C=O) groups excluding carboxylic acids is 1. The zero-order chi connectivity index (χ0) is 16.4. The van der Waals surface area contributed by atoms with Gasteiger partial charge in [-0.1, -0.05) is 22.9 Å². The summed E-state index contributed by atoms with van der Waals surface area (Å²) in [4.78, 5) is 14.5. The molecule has 0 radical (unpaired) electrons. The van der Waals surface area contributed by atoms with Crippen LogP contribution in [0.3, 0.4) is 0 Å². The van der Waals surface area contributed by atoms with Gasteiger partial charge in [0.2, 0.25) is 0 Å². The number of aromatic nitrogens is 3. The van der Waals surface area contributed by atoms with Gasteiger partial charge in [-0.05, 0) is 45.2 Å². The Kier molecular flexibility index (Phi) is 4.43. The second-order valence-corrected chi connectivity index (χ2v) is 6.26. The summed E-state index contributed by atoms with van der Waals surface area (Å²) in [5.74, 6) is -0.105. The number of benzene rings is 1. The van der Waals surface area contributed by atoms with Gasteiger partial charge in [0.1, 0.15) is 0 Å². The lowest BCUT2D eigenvalue weighted by atomic mass is 10.1. The van der Waals surface area contributed by atoms with Gasteiger partial charge in [-0.25, -0.2) is 4.68 Å². The lowest BCUT2D eigenvalue weighted by Gasteiger charge is -2.24. The third-order valence-electron chi connectivity index (χ3n) is 4.26. The first-order chi connectivity index (χ1) is 11.0. The van der Waals surface area contributed by atoms with Gasteiger partial charge in [-0.2, -0.15) is 0 Å². The van der Waals surface area contributed by atoms with E-state index in [2.05, 4.69) is 10.3 Å². The average Bonchev–Trinajstić information content (AvgIpc) is 3.16. The van der Waals surface area contributed by atoms with Gasteiger partial charge in [0.15, 0.2) is 5.69 Å². The molecule has 3 rings (SSSR count). The lowest BCUT2D eigenvalue weighted by molar-refractivity contribution is 0.0676. The highest BCUT2D eigenvalue weighted by Crippen LogP contribution is 2.23. The van der Waals surface area contributed by atoms with Crippen LogP contribution in [-0.4, -0.2) is 49.6 Å². The second-order valence-electron chi connectivity index (χ2n) is 6.26. The maximum Gasteiger partial charge on any atom is 0.276 e. The van der Waals surface area contributed by atoms with E-state index in [1.807, 2.05) is 36.1 Å². The summed E-state index contributed by atoms with van der Waals surface area (Å²) in [6.45, 7) is 4.50. The molecule has 1 aliphatic heterocycles. The van der Waals surface area contributed by atoms with Crippen LogP contribution in [0.4, 0.5) is 0 Å². The van der Waals surface area contributed by atoms with E-state index in [0.29, 0.717) is 18.7 Å². The van der Waals surface area contributed by atoms with Gasteiger partial charge >= 0.3 is 0 Å². The number of likely N-dealkylation sites (tertiary alicyclic amines) is 1. The molecule has 2 aromatic rings. The van der Waals surface area contributed by atoms with Crippen molar-refractivity contribution in [2.45, 2.75) is 45.3 Å². The SMILES string of the molecule is Cc1ccc(-n2cc(C(=O)N3CCCC3CC(C)O)nn2)cc1. The topological polar surface area (TPSA) is 71.2 Å². The van der Waals surface area contributed by atoms with Crippen LogP contribution in [0.1, 0.15) is 42.2 Å². The zero-order valence-electron chi connectivity index (χ0n) is 13.5. The van der Waals surface area contributed by atoms with Crippen molar-refractivity contribution < 1.29 is 9.90 Å². The normalized spacial score (nSPS) is 19.1. The zero-order valence-corrected chi connectivity index (χ0v) is 13.5. The Morgan fingerprint density at radius 2 is 2.13 bits per heavy atom. The Morgan fingerprint density at radius 3 is 2.83 bits per heavy atom. The van der Waals surface area contributed by atoms with Crippen molar-refractivity contribution in [1.82, 2.24) is 19.9 Å². The molecule has 0 saturated carbocycles. The van der Waals surface area contributed by atoms with Crippen LogP contribution in [0.2, 0.25) is 0 Å². The highest BCUT2D eigenvalue weighted by Gasteiger charge is 2.31. The van der Waals surface area contributed by atoms with Crippen molar-refractivity contribution in [2.24, 2.45) is 0 Å². The molecule has 0 bridgehead atoms. The second kappa shape index (κ2) is 6.50. The molecule has 2 heterocycles. The minimum atomic E-state index is -0.406. The van der Waals surface area contributed by atoms with Crippen LogP contribution in [0.15, 0.2) is 30.5 Å². The fourth-order valence-corrected chi connectivity index (χ4v) is 3.07. The molecule has 1 amide bonds. The summed E-state index contributed by atoms with van der Waals surface area (Å²) in [7, 11) is 0. The number of nitrogens with zero attached hydrogens (tertiary/aromatic N) is 4. The molecule has 23 heavy (non-hydrogen) atoms. The Labute approximate surface area is 135 Å². The van der Waals surface area contributed by atoms with E-state index in [1.54, 1.807) is 17.8 Å². The van der Waals surface area contributed by atoms with Gasteiger partial charge < -0.3 is 10.0 Å². The first-order valence-corrected chi connectivity index (χ1v) is 8.03. The molecule has 2 unspecified atom stereocenters. The molecule has 6 nitrogen and oxygen atoms in total. The fraction of sp³-hybridized carbons (Fsp3) is 0.471. The number of aryl methyl sites for hydroxylation is 1. The van der Waals surface area contributed by atoms with Crippen LogP contribution in [-0.2, 0) is 0 Å². The molecule has 1 saturated heterocycles. The number of rotatable bonds is 4. The summed E-state index contributed by atoms with van der Waals surface area (Å²) >= 11 is 0. The molecule has 1 fully saturated rings. The van der Waals surface area contributed by atoms with Crippen LogP contribution in [0.25, 0.3) is 5.69 Å². The Balaban J connectivity index is 1.77. The standard InChI is InChI=1S/C17H22N4O2/c1-12-5-7-14(8-6-12)21-11-16(18-19-21)17(23)20-9-3-4-15(20)10-13(2)22/h5-8,11,13,15,22H,3-4,9-10H2,1-2H3. The predicted molar refractivity (Wildman–Crippen MR) is 86.5 cm³/mol. The lowest BCUT2D eigenvalue weighted by Crippen LogP contribution is -2.37. The number of carbonyl (C=O) groups is 1. The molecule has 122 valence electrons. The number of aliphatic hydroxyl groups is 1.